The molecule has 5 nitrogen and oxygen atoms in total. The van der Waals surface area contributed by atoms with E-state index >= 15 is 0 Å². The third kappa shape index (κ3) is 4.21. The van der Waals surface area contributed by atoms with Crippen LogP contribution in [0.15, 0.2) is 36.0 Å². The Kier molecular flexibility index (Phi) is 5.17. The lowest BCUT2D eigenvalue weighted by atomic mass is 10.2. The van der Waals surface area contributed by atoms with Crippen LogP contribution in [0.2, 0.25) is 0 Å². The van der Waals surface area contributed by atoms with Crippen molar-refractivity contribution in [2.45, 2.75) is 0 Å². The van der Waals surface area contributed by atoms with Gasteiger partial charge in [0.25, 0.3) is 0 Å². The molecule has 1 aromatic carbocycles. The van der Waals surface area contributed by atoms with Crippen LogP contribution in [0.25, 0.3) is 0 Å². The van der Waals surface area contributed by atoms with Crippen molar-refractivity contribution < 1.29 is 19.1 Å². The van der Waals surface area contributed by atoms with Crippen LogP contribution in [0, 0.1) is 12.3 Å². The highest BCUT2D eigenvalue weighted by Crippen LogP contribution is 2.13. The largest absolute Gasteiger partial charge is 0.466 e. The first-order valence-corrected chi connectivity index (χ1v) is 5.32. The Morgan fingerprint density at radius 3 is 2.63 bits per heavy atom. The molecule has 0 saturated carbocycles. The lowest BCUT2D eigenvalue weighted by Crippen LogP contribution is -2.15. The van der Waals surface area contributed by atoms with E-state index in [-0.39, 0.29) is 5.70 Å². The van der Waals surface area contributed by atoms with Crippen LogP contribution in [0.4, 0.5) is 5.69 Å². The lowest BCUT2D eigenvalue weighted by Gasteiger charge is -2.09. The zero-order valence-corrected chi connectivity index (χ0v) is 10.6. The number of benzene rings is 1. The molecule has 0 aliphatic rings. The third-order valence-electron chi connectivity index (χ3n) is 2.18. The normalized spacial score (nSPS) is 10.3. The molecule has 0 spiro atoms. The molecule has 0 aliphatic carbocycles. The predicted octanol–water partition coefficient (Wildman–Crippen LogP) is 1.31. The summed E-state index contributed by atoms with van der Waals surface area (Å²) in [5, 5.41) is 2.76. The summed E-state index contributed by atoms with van der Waals surface area (Å²) in [7, 11) is 2.43. The maximum absolute atomic E-state index is 11.5. The summed E-state index contributed by atoms with van der Waals surface area (Å²) in [5.74, 6) is 1.12. The topological polar surface area (TPSA) is 64.6 Å². The summed E-state index contributed by atoms with van der Waals surface area (Å²) in [6.07, 6.45) is 6.29. The zero-order valence-electron chi connectivity index (χ0n) is 10.6. The Hall–Kier alpha value is -2.74. The Morgan fingerprint density at radius 1 is 1.32 bits per heavy atom. The van der Waals surface area contributed by atoms with Gasteiger partial charge in [0.1, 0.15) is 5.70 Å². The molecule has 0 aromatic heterocycles. The van der Waals surface area contributed by atoms with Gasteiger partial charge in [-0.3, -0.25) is 0 Å². The fraction of sp³-hybridized carbons (Fsp3) is 0.143. The number of ether oxygens (including phenoxy) is 2. The molecular formula is C14H13NO4. The first-order valence-electron chi connectivity index (χ1n) is 5.32. The van der Waals surface area contributed by atoms with E-state index in [4.69, 9.17) is 6.42 Å². The number of esters is 2. The monoisotopic (exact) mass is 259 g/mol. The number of rotatable bonds is 4. The lowest BCUT2D eigenvalue weighted by molar-refractivity contribution is -0.138. The van der Waals surface area contributed by atoms with Crippen LogP contribution in [-0.2, 0) is 19.1 Å². The fourth-order valence-corrected chi connectivity index (χ4v) is 1.28. The number of hydrogen-bond donors (Lipinski definition) is 1. The van der Waals surface area contributed by atoms with Gasteiger partial charge in [-0.25, -0.2) is 9.59 Å². The number of carbonyl (C=O) groups excluding carboxylic acids is 2. The first kappa shape index (κ1) is 14.3. The van der Waals surface area contributed by atoms with Crippen LogP contribution in [0.5, 0.6) is 0 Å². The Labute approximate surface area is 111 Å². The van der Waals surface area contributed by atoms with Crippen molar-refractivity contribution >= 4 is 17.6 Å². The predicted molar refractivity (Wildman–Crippen MR) is 70.1 cm³/mol. The minimum absolute atomic E-state index is 0.0384. The van der Waals surface area contributed by atoms with Gasteiger partial charge in [-0.05, 0) is 18.2 Å². The molecule has 5 heteroatoms. The Balaban J connectivity index is 3.01. The molecule has 0 fully saturated rings. The van der Waals surface area contributed by atoms with Crippen molar-refractivity contribution in [3.8, 4) is 12.3 Å². The van der Waals surface area contributed by atoms with Crippen molar-refractivity contribution in [3.63, 3.8) is 0 Å². The van der Waals surface area contributed by atoms with Gasteiger partial charge in [-0.15, -0.1) is 6.42 Å². The molecule has 0 unspecified atom stereocenters. The summed E-state index contributed by atoms with van der Waals surface area (Å²) in [4.78, 5) is 22.7. The van der Waals surface area contributed by atoms with Crippen LogP contribution in [-0.4, -0.2) is 26.2 Å². The van der Waals surface area contributed by atoms with Gasteiger partial charge in [-0.2, -0.15) is 0 Å². The number of hydrogen-bond acceptors (Lipinski definition) is 5. The standard InChI is InChI=1S/C14H13NO4/c1-4-10-6-5-7-11(8-10)15-12(14(17)19-3)9-13(16)18-2/h1,5-9,15H,2-3H3/b12-9+. The van der Waals surface area contributed by atoms with E-state index in [1.165, 1.54) is 14.2 Å². The Morgan fingerprint density at radius 2 is 2.05 bits per heavy atom. The minimum Gasteiger partial charge on any atom is -0.466 e. The van der Waals surface area contributed by atoms with Gasteiger partial charge in [0.15, 0.2) is 0 Å². The second-order valence-electron chi connectivity index (χ2n) is 3.42. The fourth-order valence-electron chi connectivity index (χ4n) is 1.28. The third-order valence-corrected chi connectivity index (χ3v) is 2.18. The molecule has 1 aromatic rings. The summed E-state index contributed by atoms with van der Waals surface area (Å²) in [6, 6.07) is 6.83. The van der Waals surface area contributed by atoms with E-state index < -0.39 is 11.9 Å². The van der Waals surface area contributed by atoms with Gasteiger partial charge in [-0.1, -0.05) is 12.0 Å². The highest BCUT2D eigenvalue weighted by atomic mass is 16.5. The smallest absolute Gasteiger partial charge is 0.354 e. The summed E-state index contributed by atoms with van der Waals surface area (Å²) in [5.41, 5.74) is 1.17. The number of anilines is 1. The Bertz CT molecular complexity index is 555. The van der Waals surface area contributed by atoms with E-state index in [0.29, 0.717) is 11.3 Å². The average molecular weight is 259 g/mol. The van der Waals surface area contributed by atoms with Crippen molar-refractivity contribution in [2.75, 3.05) is 19.5 Å². The van der Waals surface area contributed by atoms with Gasteiger partial charge in [0.2, 0.25) is 0 Å². The van der Waals surface area contributed by atoms with Crippen LogP contribution >= 0.6 is 0 Å². The maximum atomic E-state index is 11.5. The van der Waals surface area contributed by atoms with Gasteiger partial charge in [0.05, 0.1) is 20.3 Å². The van der Waals surface area contributed by atoms with Gasteiger partial charge in [0, 0.05) is 11.3 Å². The molecule has 0 atom stereocenters. The van der Waals surface area contributed by atoms with E-state index in [0.717, 1.165) is 6.08 Å². The summed E-state index contributed by atoms with van der Waals surface area (Å²) < 4.78 is 9.03. The van der Waals surface area contributed by atoms with E-state index in [9.17, 15) is 9.59 Å². The summed E-state index contributed by atoms with van der Waals surface area (Å²) in [6.45, 7) is 0. The first-order chi connectivity index (χ1) is 9.10. The molecule has 98 valence electrons. The van der Waals surface area contributed by atoms with E-state index in [2.05, 4.69) is 20.7 Å². The number of methoxy groups -OCH3 is 2. The molecule has 19 heavy (non-hydrogen) atoms. The molecule has 0 radical (unpaired) electrons. The maximum Gasteiger partial charge on any atom is 0.354 e. The van der Waals surface area contributed by atoms with Gasteiger partial charge >= 0.3 is 11.9 Å². The van der Waals surface area contributed by atoms with E-state index in [1.54, 1.807) is 24.3 Å². The zero-order chi connectivity index (χ0) is 14.3. The quantitative estimate of drug-likeness (QED) is 0.502. The molecule has 1 rings (SSSR count). The second kappa shape index (κ2) is 6.87. The van der Waals surface area contributed by atoms with Crippen molar-refractivity contribution in [1.82, 2.24) is 0 Å². The molecular weight excluding hydrogens is 246 g/mol. The highest BCUT2D eigenvalue weighted by Gasteiger charge is 2.12. The van der Waals surface area contributed by atoms with Gasteiger partial charge < -0.3 is 14.8 Å². The van der Waals surface area contributed by atoms with Crippen LogP contribution in [0.1, 0.15) is 5.56 Å². The summed E-state index contributed by atoms with van der Waals surface area (Å²) >= 11 is 0. The van der Waals surface area contributed by atoms with Crippen LogP contribution in [0.3, 0.4) is 0 Å². The van der Waals surface area contributed by atoms with Crippen molar-refractivity contribution in [1.29, 1.82) is 0 Å². The minimum atomic E-state index is -0.684. The SMILES string of the molecule is C#Cc1cccc(N/C(=C/C(=O)OC)C(=O)OC)c1. The molecule has 0 heterocycles. The highest BCUT2D eigenvalue weighted by molar-refractivity contribution is 5.98. The van der Waals surface area contributed by atoms with E-state index in [1.807, 2.05) is 0 Å². The average Bonchev–Trinajstić information content (AvgIpc) is 2.45. The molecule has 0 amide bonds. The number of terminal acetylenes is 1. The molecule has 0 aliphatic heterocycles. The second-order valence-corrected chi connectivity index (χ2v) is 3.42. The number of nitrogens with one attached hydrogen (secondary N) is 1. The van der Waals surface area contributed by atoms with Crippen molar-refractivity contribution in [2.24, 2.45) is 0 Å². The van der Waals surface area contributed by atoms with Crippen molar-refractivity contribution in [3.05, 3.63) is 41.6 Å². The number of carbonyl (C=O) groups is 2. The van der Waals surface area contributed by atoms with Crippen LogP contribution < -0.4 is 5.32 Å². The molecule has 0 saturated heterocycles. The molecule has 0 bridgehead atoms. The molecule has 1 N–H and O–H groups in total.